The van der Waals surface area contributed by atoms with Crippen molar-refractivity contribution in [2.45, 2.75) is 19.4 Å². The molecule has 0 saturated carbocycles. The predicted molar refractivity (Wildman–Crippen MR) is 142 cm³/mol. The topological polar surface area (TPSA) is 114 Å². The molecule has 5 rings (SSSR count). The number of rotatable bonds is 9. The third-order valence-corrected chi connectivity index (χ3v) is 7.00. The number of carboxylic acid groups (broad SMARTS) is 1. The molecule has 2 aromatic carbocycles. The lowest BCUT2D eigenvalue weighted by Gasteiger charge is -2.37. The second-order valence-corrected chi connectivity index (χ2v) is 9.68. The van der Waals surface area contributed by atoms with Gasteiger partial charge in [-0.05, 0) is 54.3 Å². The van der Waals surface area contributed by atoms with E-state index in [4.69, 9.17) is 31.9 Å². The van der Waals surface area contributed by atoms with E-state index in [1.54, 1.807) is 0 Å². The molecule has 1 saturated heterocycles. The van der Waals surface area contributed by atoms with Crippen LogP contribution in [0.4, 0.5) is 11.8 Å². The normalized spacial score (nSPS) is 15.2. The van der Waals surface area contributed by atoms with Gasteiger partial charge in [-0.3, -0.25) is 4.90 Å². The van der Waals surface area contributed by atoms with E-state index in [1.165, 1.54) is 5.56 Å². The maximum atomic E-state index is 10.6. The molecule has 194 valence electrons. The minimum atomic E-state index is -0.945. The molecule has 1 aromatic heterocycles. The van der Waals surface area contributed by atoms with Gasteiger partial charge in [-0.25, -0.2) is 9.78 Å². The van der Waals surface area contributed by atoms with Gasteiger partial charge in [-0.2, -0.15) is 4.98 Å². The maximum Gasteiger partial charge on any atom is 0.329 e. The number of hydrogen-bond acceptors (Lipinski definition) is 8. The van der Waals surface area contributed by atoms with Crippen molar-refractivity contribution in [2.24, 2.45) is 0 Å². The fourth-order valence-electron chi connectivity index (χ4n) is 4.84. The fraction of sp³-hybridized carbons (Fsp3) is 0.370. The van der Waals surface area contributed by atoms with Gasteiger partial charge in [0.05, 0.1) is 12.3 Å². The summed E-state index contributed by atoms with van der Waals surface area (Å²) in [5.41, 5.74) is 11.5. The number of carbonyl (C=O) groups is 1. The number of ether oxygens (including phenoxy) is 2. The molecule has 0 unspecified atom stereocenters. The van der Waals surface area contributed by atoms with Gasteiger partial charge in [0.1, 0.15) is 24.8 Å². The zero-order valence-corrected chi connectivity index (χ0v) is 21.3. The van der Waals surface area contributed by atoms with Crippen LogP contribution in [0.2, 0.25) is 5.02 Å². The van der Waals surface area contributed by atoms with Gasteiger partial charge in [0.25, 0.3) is 0 Å². The van der Waals surface area contributed by atoms with Crippen LogP contribution in [0.1, 0.15) is 16.7 Å². The smallest absolute Gasteiger partial charge is 0.329 e. The third kappa shape index (κ3) is 6.12. The number of anilines is 2. The maximum absolute atomic E-state index is 10.6. The molecule has 2 aliphatic rings. The van der Waals surface area contributed by atoms with E-state index in [1.807, 2.05) is 30.3 Å². The number of nitrogens with two attached hydrogens (primary N) is 1. The van der Waals surface area contributed by atoms with Gasteiger partial charge in [0, 0.05) is 48.9 Å². The van der Waals surface area contributed by atoms with Crippen molar-refractivity contribution in [3.8, 4) is 17.0 Å². The van der Waals surface area contributed by atoms with E-state index in [2.05, 4.69) is 31.9 Å². The summed E-state index contributed by atoms with van der Waals surface area (Å²) in [5, 5.41) is 9.41. The van der Waals surface area contributed by atoms with Crippen LogP contribution in [0.15, 0.2) is 42.5 Å². The zero-order chi connectivity index (χ0) is 25.8. The highest BCUT2D eigenvalue weighted by molar-refractivity contribution is 6.30. The number of fused-ring (bicyclic) bond motifs is 3. The number of aliphatic carboxylic acids is 1. The molecule has 1 fully saturated rings. The molecule has 0 spiro atoms. The SMILES string of the molecule is Nc1nc2c(c(N3CCN(CCOCC(=O)O)CC3)n1)CCc1cc(OCc3ccc(Cl)cc3)ccc1-2. The van der Waals surface area contributed by atoms with Crippen molar-refractivity contribution in [3.05, 3.63) is 64.2 Å². The van der Waals surface area contributed by atoms with Crippen molar-refractivity contribution in [1.82, 2.24) is 14.9 Å². The van der Waals surface area contributed by atoms with Crippen molar-refractivity contribution in [2.75, 3.05) is 56.6 Å². The second-order valence-electron chi connectivity index (χ2n) is 9.24. The van der Waals surface area contributed by atoms with E-state index in [0.717, 1.165) is 73.0 Å². The van der Waals surface area contributed by atoms with Gasteiger partial charge >= 0.3 is 5.97 Å². The Balaban J connectivity index is 1.26. The van der Waals surface area contributed by atoms with E-state index in [0.29, 0.717) is 24.8 Å². The lowest BCUT2D eigenvalue weighted by molar-refractivity contribution is -0.142. The van der Waals surface area contributed by atoms with Crippen LogP contribution in [0.25, 0.3) is 11.3 Å². The second kappa shape index (κ2) is 11.3. The Kier molecular flexibility index (Phi) is 7.73. The molecule has 10 heteroatoms. The molecular weight excluding hydrogens is 494 g/mol. The van der Waals surface area contributed by atoms with Crippen LogP contribution in [0.5, 0.6) is 5.75 Å². The molecule has 37 heavy (non-hydrogen) atoms. The van der Waals surface area contributed by atoms with E-state index < -0.39 is 5.97 Å². The molecule has 1 aliphatic heterocycles. The fourth-order valence-corrected chi connectivity index (χ4v) is 4.97. The van der Waals surface area contributed by atoms with Gasteiger partial charge in [-0.1, -0.05) is 23.7 Å². The van der Waals surface area contributed by atoms with Gasteiger partial charge < -0.3 is 25.2 Å². The number of nitrogens with zero attached hydrogens (tertiary/aromatic N) is 4. The zero-order valence-electron chi connectivity index (χ0n) is 20.5. The third-order valence-electron chi connectivity index (χ3n) is 6.75. The van der Waals surface area contributed by atoms with Crippen LogP contribution >= 0.6 is 11.6 Å². The van der Waals surface area contributed by atoms with Crippen LogP contribution < -0.4 is 15.4 Å². The Morgan fingerprint density at radius 3 is 2.59 bits per heavy atom. The van der Waals surface area contributed by atoms with Crippen LogP contribution in [0.3, 0.4) is 0 Å². The quantitative estimate of drug-likeness (QED) is 0.408. The number of aromatic nitrogens is 2. The lowest BCUT2D eigenvalue weighted by Crippen LogP contribution is -2.48. The summed E-state index contributed by atoms with van der Waals surface area (Å²) in [4.78, 5) is 24.4. The monoisotopic (exact) mass is 523 g/mol. The molecule has 1 aliphatic carbocycles. The first-order valence-electron chi connectivity index (χ1n) is 12.4. The summed E-state index contributed by atoms with van der Waals surface area (Å²) in [6, 6.07) is 13.8. The predicted octanol–water partition coefficient (Wildman–Crippen LogP) is 3.28. The van der Waals surface area contributed by atoms with E-state index in [-0.39, 0.29) is 12.6 Å². The first-order valence-corrected chi connectivity index (χ1v) is 12.8. The number of piperazine rings is 1. The van der Waals surface area contributed by atoms with Gasteiger partial charge in [-0.15, -0.1) is 0 Å². The molecular formula is C27H30ClN5O4. The average molecular weight is 524 g/mol. The van der Waals surface area contributed by atoms with Crippen molar-refractivity contribution >= 4 is 29.3 Å². The van der Waals surface area contributed by atoms with Gasteiger partial charge in [0.2, 0.25) is 5.95 Å². The molecule has 3 aromatic rings. The molecule has 0 atom stereocenters. The van der Waals surface area contributed by atoms with Crippen LogP contribution in [-0.2, 0) is 29.0 Å². The number of aryl methyl sites for hydroxylation is 1. The highest BCUT2D eigenvalue weighted by atomic mass is 35.5. The van der Waals surface area contributed by atoms with Crippen molar-refractivity contribution in [3.63, 3.8) is 0 Å². The molecule has 0 radical (unpaired) electrons. The number of benzene rings is 2. The lowest BCUT2D eigenvalue weighted by atomic mass is 9.88. The number of carboxylic acids is 1. The number of nitrogen functional groups attached to an aromatic ring is 1. The molecule has 3 N–H and O–H groups in total. The minimum Gasteiger partial charge on any atom is -0.489 e. The Labute approximate surface area is 220 Å². The Hall–Kier alpha value is -3.40. The Morgan fingerprint density at radius 2 is 1.84 bits per heavy atom. The summed E-state index contributed by atoms with van der Waals surface area (Å²) >= 11 is 5.97. The van der Waals surface area contributed by atoms with Crippen LogP contribution in [0, 0.1) is 0 Å². The van der Waals surface area contributed by atoms with Crippen molar-refractivity contribution in [1.29, 1.82) is 0 Å². The van der Waals surface area contributed by atoms with E-state index in [9.17, 15) is 4.79 Å². The molecule has 9 nitrogen and oxygen atoms in total. The Bertz CT molecular complexity index is 1260. The summed E-state index contributed by atoms with van der Waals surface area (Å²) in [6.45, 7) is 4.65. The summed E-state index contributed by atoms with van der Waals surface area (Å²) < 4.78 is 11.2. The first kappa shape index (κ1) is 25.3. The van der Waals surface area contributed by atoms with Crippen LogP contribution in [-0.4, -0.2) is 71.9 Å². The molecule has 0 bridgehead atoms. The molecule has 2 heterocycles. The largest absolute Gasteiger partial charge is 0.489 e. The van der Waals surface area contributed by atoms with E-state index >= 15 is 0 Å². The summed E-state index contributed by atoms with van der Waals surface area (Å²) in [5.74, 6) is 1.06. The highest BCUT2D eigenvalue weighted by Crippen LogP contribution is 2.38. The van der Waals surface area contributed by atoms with Gasteiger partial charge in [0.15, 0.2) is 0 Å². The summed E-state index contributed by atoms with van der Waals surface area (Å²) in [6.07, 6.45) is 1.71. The Morgan fingerprint density at radius 1 is 1.05 bits per heavy atom. The number of halogens is 1. The summed E-state index contributed by atoms with van der Waals surface area (Å²) in [7, 11) is 0. The van der Waals surface area contributed by atoms with Crippen molar-refractivity contribution < 1.29 is 19.4 Å². The highest BCUT2D eigenvalue weighted by Gasteiger charge is 2.27. The first-order chi connectivity index (χ1) is 18.0. The molecule has 0 amide bonds. The average Bonchev–Trinajstić information content (AvgIpc) is 2.90. The standard InChI is InChI=1S/C27H30ClN5O4/c28-20-4-1-18(2-5-20)16-37-21-6-8-22-19(15-21)3-7-23-25(22)30-27(29)31-26(23)33-11-9-32(10-12-33)13-14-36-17-24(34)35/h1-2,4-6,8,15H,3,7,9-14,16-17H2,(H,34,35)(H2,29,30,31). The number of hydrogen-bond donors (Lipinski definition) is 2. The minimum absolute atomic E-state index is 0.260.